The summed E-state index contributed by atoms with van der Waals surface area (Å²) in [5.74, 6) is -0.431. The maximum Gasteiger partial charge on any atom is 0.449 e. The maximum absolute atomic E-state index is 14.2. The monoisotopic (exact) mass is 660 g/mol. The van der Waals surface area contributed by atoms with Crippen molar-refractivity contribution in [2.45, 2.75) is 31.7 Å². The zero-order valence-electron chi connectivity index (χ0n) is 26.1. The Hall–Kier alpha value is -5.44. The van der Waals surface area contributed by atoms with Crippen LogP contribution in [0.2, 0.25) is 0 Å². The molecule has 0 spiro atoms. The zero-order chi connectivity index (χ0) is 33.4. The summed E-state index contributed by atoms with van der Waals surface area (Å²) in [5.41, 5.74) is 3.07. The van der Waals surface area contributed by atoms with Gasteiger partial charge in [-0.05, 0) is 30.7 Å². The van der Waals surface area contributed by atoms with Crippen LogP contribution in [0, 0.1) is 0 Å². The molecule has 1 aliphatic heterocycles. The molecule has 4 aromatic heterocycles. The Morgan fingerprint density at radius 2 is 1.88 bits per heavy atom. The van der Waals surface area contributed by atoms with Crippen molar-refractivity contribution in [3.63, 3.8) is 0 Å². The lowest BCUT2D eigenvalue weighted by atomic mass is 10.1. The molecular formula is C33H31F3N8O4. The summed E-state index contributed by atoms with van der Waals surface area (Å²) in [6, 6.07) is 13.5. The van der Waals surface area contributed by atoms with E-state index in [2.05, 4.69) is 29.8 Å². The number of carbonyl (C=O) groups excluding carboxylic acids is 1. The number of halogens is 3. The third kappa shape index (κ3) is 6.03. The van der Waals surface area contributed by atoms with Crippen LogP contribution in [0.4, 0.5) is 13.2 Å². The van der Waals surface area contributed by atoms with Gasteiger partial charge in [-0.15, -0.1) is 0 Å². The van der Waals surface area contributed by atoms with Gasteiger partial charge in [0.2, 0.25) is 17.6 Å². The Morgan fingerprint density at radius 3 is 2.65 bits per heavy atom. The van der Waals surface area contributed by atoms with Crippen LogP contribution in [-0.2, 0) is 24.1 Å². The molecule has 6 aromatic rings. The summed E-state index contributed by atoms with van der Waals surface area (Å²) in [7, 11) is 2.96. The molecule has 0 radical (unpaired) electrons. The van der Waals surface area contributed by atoms with Gasteiger partial charge >= 0.3 is 6.18 Å². The minimum atomic E-state index is -4.79. The van der Waals surface area contributed by atoms with Crippen LogP contribution >= 0.6 is 0 Å². The lowest BCUT2D eigenvalue weighted by Crippen LogP contribution is -2.39. The maximum atomic E-state index is 14.2. The van der Waals surface area contributed by atoms with E-state index in [1.165, 1.54) is 38.8 Å². The molecule has 0 bridgehead atoms. The molecule has 1 unspecified atom stereocenters. The van der Waals surface area contributed by atoms with E-state index in [4.69, 9.17) is 13.9 Å². The molecule has 1 N–H and O–H groups in total. The molecule has 1 atom stereocenters. The second-order valence-corrected chi connectivity index (χ2v) is 11.4. The Morgan fingerprint density at radius 1 is 1.02 bits per heavy atom. The molecule has 7 rings (SSSR count). The average Bonchev–Trinajstić information content (AvgIpc) is 3.83. The number of pyridine rings is 1. The number of para-hydroxylation sites is 1. The van der Waals surface area contributed by atoms with Crippen LogP contribution in [0.15, 0.2) is 71.8 Å². The van der Waals surface area contributed by atoms with Gasteiger partial charge in [-0.1, -0.05) is 18.2 Å². The van der Waals surface area contributed by atoms with E-state index in [1.807, 2.05) is 30.3 Å². The van der Waals surface area contributed by atoms with Gasteiger partial charge in [0.1, 0.15) is 24.4 Å². The van der Waals surface area contributed by atoms with Crippen molar-refractivity contribution in [2.24, 2.45) is 0 Å². The first kappa shape index (κ1) is 31.2. The smallest absolute Gasteiger partial charge is 0.449 e. The van der Waals surface area contributed by atoms with Gasteiger partial charge < -0.3 is 28.3 Å². The van der Waals surface area contributed by atoms with Crippen molar-refractivity contribution in [3.05, 3.63) is 84.7 Å². The van der Waals surface area contributed by atoms with Crippen LogP contribution in [-0.4, -0.2) is 79.0 Å². The van der Waals surface area contributed by atoms with Gasteiger partial charge in [0, 0.05) is 37.6 Å². The molecule has 5 heterocycles. The topological polar surface area (TPSA) is 127 Å². The number of amides is 1. The highest BCUT2D eigenvalue weighted by atomic mass is 19.4. The number of nitrogens with zero attached hydrogens (tertiary/aromatic N) is 7. The van der Waals surface area contributed by atoms with Gasteiger partial charge in [0.15, 0.2) is 6.39 Å². The molecule has 1 fully saturated rings. The molecule has 1 amide bonds. The molecular weight excluding hydrogens is 629 g/mol. The van der Waals surface area contributed by atoms with E-state index < -0.39 is 30.5 Å². The number of carbonyl (C=O) groups is 1. The minimum absolute atomic E-state index is 0.107. The summed E-state index contributed by atoms with van der Waals surface area (Å²) < 4.78 is 59.6. The third-order valence-electron chi connectivity index (χ3n) is 8.53. The SMILES string of the molecule is COc1ccc2nc(C(F)(F)F)n(CC(=O)N3CCN(Cc4cocn4)CCC3c3ncc(-c4cc5ccccc5nc4OC)[nH]3)c2c1. The van der Waals surface area contributed by atoms with Crippen molar-refractivity contribution >= 4 is 27.8 Å². The molecule has 248 valence electrons. The number of ether oxygens (including phenoxy) is 2. The van der Waals surface area contributed by atoms with E-state index in [0.717, 1.165) is 21.2 Å². The number of nitrogens with one attached hydrogen (secondary N) is 1. The van der Waals surface area contributed by atoms with Gasteiger partial charge in [-0.25, -0.2) is 19.9 Å². The number of H-pyrrole nitrogens is 1. The van der Waals surface area contributed by atoms with Crippen molar-refractivity contribution < 1.29 is 31.9 Å². The first-order chi connectivity index (χ1) is 23.2. The van der Waals surface area contributed by atoms with Crippen molar-refractivity contribution in [2.75, 3.05) is 33.9 Å². The number of oxazole rings is 1. The lowest BCUT2D eigenvalue weighted by molar-refractivity contribution is -0.148. The predicted molar refractivity (Wildman–Crippen MR) is 168 cm³/mol. The van der Waals surface area contributed by atoms with Gasteiger partial charge in [-0.2, -0.15) is 13.2 Å². The van der Waals surface area contributed by atoms with Crippen LogP contribution in [0.3, 0.4) is 0 Å². The first-order valence-corrected chi connectivity index (χ1v) is 15.2. The number of imidazole rings is 2. The number of fused-ring (bicyclic) bond motifs is 2. The fourth-order valence-corrected chi connectivity index (χ4v) is 6.18. The van der Waals surface area contributed by atoms with Gasteiger partial charge in [0.05, 0.1) is 60.0 Å². The number of alkyl halides is 3. The number of rotatable bonds is 8. The first-order valence-electron chi connectivity index (χ1n) is 15.2. The van der Waals surface area contributed by atoms with E-state index in [9.17, 15) is 18.0 Å². The van der Waals surface area contributed by atoms with Crippen LogP contribution in [0.25, 0.3) is 33.2 Å². The van der Waals surface area contributed by atoms with Crippen LogP contribution in [0.1, 0.15) is 29.8 Å². The van der Waals surface area contributed by atoms with E-state index in [-0.39, 0.29) is 17.6 Å². The number of methoxy groups -OCH3 is 2. The second kappa shape index (κ2) is 12.6. The number of aromatic amines is 1. The summed E-state index contributed by atoms with van der Waals surface area (Å²) in [4.78, 5) is 38.6. The molecule has 48 heavy (non-hydrogen) atoms. The highest BCUT2D eigenvalue weighted by Gasteiger charge is 2.39. The third-order valence-corrected chi connectivity index (χ3v) is 8.53. The number of hydrogen-bond donors (Lipinski definition) is 1. The fourth-order valence-electron chi connectivity index (χ4n) is 6.18. The fraction of sp³-hybridized carbons (Fsp3) is 0.303. The molecule has 0 aliphatic carbocycles. The standard InChI is InChI=1S/C33H31F3N8O4/c1-46-22-7-8-25-28(14-22)44(32(41-25)33(34,35)36)17-29(45)43-12-11-42(16-21-18-48-19-38-21)10-9-27(43)30-37-15-26(39-30)23-13-20-5-3-4-6-24(20)40-31(23)47-2/h3-8,13-15,18-19,27H,9-12,16-17H2,1-2H3,(H,37,39). The van der Waals surface area contributed by atoms with Gasteiger partial charge in [-0.3, -0.25) is 9.69 Å². The molecule has 2 aromatic carbocycles. The Labute approximate surface area is 272 Å². The highest BCUT2D eigenvalue weighted by Crippen LogP contribution is 2.35. The second-order valence-electron chi connectivity index (χ2n) is 11.4. The number of benzene rings is 2. The summed E-state index contributed by atoms with van der Waals surface area (Å²) in [6.45, 7) is 1.15. The predicted octanol–water partition coefficient (Wildman–Crippen LogP) is 5.47. The van der Waals surface area contributed by atoms with Crippen molar-refractivity contribution in [3.8, 4) is 22.9 Å². The van der Waals surface area contributed by atoms with E-state index in [0.29, 0.717) is 54.8 Å². The lowest BCUT2D eigenvalue weighted by Gasteiger charge is -2.29. The molecule has 0 saturated carbocycles. The number of hydrogen-bond acceptors (Lipinski definition) is 9. The van der Waals surface area contributed by atoms with Gasteiger partial charge in [0.25, 0.3) is 0 Å². The normalized spacial score (nSPS) is 16.0. The number of aromatic nitrogens is 6. The summed E-state index contributed by atoms with van der Waals surface area (Å²) in [6.07, 6.45) is 0.235. The van der Waals surface area contributed by atoms with Crippen molar-refractivity contribution in [1.82, 2.24) is 39.3 Å². The Kier molecular flexibility index (Phi) is 8.21. The van der Waals surface area contributed by atoms with Crippen LogP contribution < -0.4 is 9.47 Å². The average molecular weight is 661 g/mol. The minimum Gasteiger partial charge on any atom is -0.497 e. The molecule has 15 heteroatoms. The van der Waals surface area contributed by atoms with Crippen molar-refractivity contribution in [1.29, 1.82) is 0 Å². The molecule has 12 nitrogen and oxygen atoms in total. The van der Waals surface area contributed by atoms with Crippen LogP contribution in [0.5, 0.6) is 11.6 Å². The largest absolute Gasteiger partial charge is 0.497 e. The van der Waals surface area contributed by atoms with E-state index in [1.54, 1.807) is 17.4 Å². The zero-order valence-corrected chi connectivity index (χ0v) is 26.1. The van der Waals surface area contributed by atoms with E-state index >= 15 is 0 Å². The summed E-state index contributed by atoms with van der Waals surface area (Å²) in [5, 5.41) is 0.906. The quantitative estimate of drug-likeness (QED) is 0.226. The molecule has 1 saturated heterocycles. The highest BCUT2D eigenvalue weighted by molar-refractivity contribution is 5.85. The molecule has 1 aliphatic rings. The Balaban J connectivity index is 1.25. The summed E-state index contributed by atoms with van der Waals surface area (Å²) >= 11 is 0. The Bertz CT molecular complexity index is 2070.